The van der Waals surface area contributed by atoms with Crippen LogP contribution in [0.15, 0.2) is 5.38 Å². The van der Waals surface area contributed by atoms with Gasteiger partial charge in [-0.25, -0.2) is 0 Å². The van der Waals surface area contributed by atoms with Gasteiger partial charge in [-0.1, -0.05) is 0 Å². The highest BCUT2D eigenvalue weighted by atomic mass is 32.1. The Morgan fingerprint density at radius 2 is 2.45 bits per heavy atom. The van der Waals surface area contributed by atoms with Gasteiger partial charge in [-0.3, -0.25) is 0 Å². The predicted octanol–water partition coefficient (Wildman–Crippen LogP) is 1.87. The quantitative estimate of drug-likeness (QED) is 0.627. The number of fused-ring (bicyclic) bond motifs is 1. The lowest BCUT2D eigenvalue weighted by atomic mass is 9.93. The highest BCUT2D eigenvalue weighted by Gasteiger charge is 2.17. The van der Waals surface area contributed by atoms with Crippen molar-refractivity contribution in [1.82, 2.24) is 0 Å². The van der Waals surface area contributed by atoms with Crippen molar-refractivity contribution in [3.63, 3.8) is 0 Å². The largest absolute Gasteiger partial charge is 0.327 e. The van der Waals surface area contributed by atoms with Crippen molar-refractivity contribution in [2.45, 2.75) is 32.2 Å². The summed E-state index contributed by atoms with van der Waals surface area (Å²) in [5.41, 5.74) is 8.92. The van der Waals surface area contributed by atoms with Gasteiger partial charge >= 0.3 is 0 Å². The average Bonchev–Trinajstić information content (AvgIpc) is 2.32. The monoisotopic (exact) mass is 167 g/mol. The lowest BCUT2D eigenvalue weighted by Gasteiger charge is -2.18. The van der Waals surface area contributed by atoms with Crippen LogP contribution >= 0.6 is 11.3 Å². The number of nitrogens with two attached hydrogens (primary N) is 1. The Bertz CT molecular complexity index is 265. The molecule has 0 radical (unpaired) electrons. The Morgan fingerprint density at radius 1 is 1.64 bits per heavy atom. The number of rotatable bonds is 0. The first-order chi connectivity index (χ1) is 5.27. The van der Waals surface area contributed by atoms with E-state index in [1.54, 1.807) is 5.56 Å². The van der Waals surface area contributed by atoms with Crippen LogP contribution in [0.1, 0.15) is 22.4 Å². The van der Waals surface area contributed by atoms with Crippen molar-refractivity contribution in [2.75, 3.05) is 0 Å². The first-order valence-electron chi connectivity index (χ1n) is 4.09. The fourth-order valence-corrected chi connectivity index (χ4v) is 2.88. The molecule has 0 spiro atoms. The molecule has 0 aliphatic heterocycles. The van der Waals surface area contributed by atoms with Gasteiger partial charge in [-0.05, 0) is 42.7 Å². The zero-order valence-corrected chi connectivity index (χ0v) is 7.58. The molecule has 1 nitrogen and oxygen atoms in total. The van der Waals surface area contributed by atoms with E-state index < -0.39 is 0 Å². The van der Waals surface area contributed by atoms with Crippen molar-refractivity contribution in [1.29, 1.82) is 0 Å². The third-order valence-corrected chi connectivity index (χ3v) is 3.57. The second kappa shape index (κ2) is 2.61. The van der Waals surface area contributed by atoms with Gasteiger partial charge in [0.2, 0.25) is 0 Å². The Hall–Kier alpha value is -0.340. The van der Waals surface area contributed by atoms with Crippen molar-refractivity contribution in [3.05, 3.63) is 21.4 Å². The highest BCUT2D eigenvalue weighted by Crippen LogP contribution is 2.28. The second-order valence-corrected chi connectivity index (χ2v) is 4.29. The van der Waals surface area contributed by atoms with Gasteiger partial charge in [0, 0.05) is 10.9 Å². The molecule has 2 heteroatoms. The summed E-state index contributed by atoms with van der Waals surface area (Å²) in [6.07, 6.45) is 3.48. The van der Waals surface area contributed by atoms with E-state index in [0.717, 1.165) is 6.42 Å². The lowest BCUT2D eigenvalue weighted by Crippen LogP contribution is -2.26. The number of hydrogen-bond donors (Lipinski definition) is 1. The van der Waals surface area contributed by atoms with Gasteiger partial charge in [-0.15, -0.1) is 11.3 Å². The van der Waals surface area contributed by atoms with Crippen LogP contribution < -0.4 is 5.73 Å². The number of aryl methyl sites for hydroxylation is 1. The Kier molecular flexibility index (Phi) is 1.74. The molecule has 1 atom stereocenters. The maximum Gasteiger partial charge on any atom is 0.00953 e. The molecule has 1 aromatic rings. The fourth-order valence-electron chi connectivity index (χ4n) is 1.70. The zero-order valence-electron chi connectivity index (χ0n) is 6.76. The summed E-state index contributed by atoms with van der Waals surface area (Å²) in [7, 11) is 0. The van der Waals surface area contributed by atoms with E-state index in [1.165, 1.54) is 23.3 Å². The molecule has 1 unspecified atom stereocenters. The summed E-state index contributed by atoms with van der Waals surface area (Å²) in [6.45, 7) is 2.20. The Balaban J connectivity index is 2.36. The first kappa shape index (κ1) is 7.32. The number of hydrogen-bond acceptors (Lipinski definition) is 2. The van der Waals surface area contributed by atoms with Crippen LogP contribution in [-0.4, -0.2) is 6.04 Å². The second-order valence-electron chi connectivity index (χ2n) is 3.32. The van der Waals surface area contributed by atoms with E-state index in [-0.39, 0.29) is 0 Å². The SMILES string of the molecule is Cc1csc2c1CCC(N)C2. The van der Waals surface area contributed by atoms with E-state index in [9.17, 15) is 0 Å². The van der Waals surface area contributed by atoms with Crippen LogP contribution in [0.2, 0.25) is 0 Å². The zero-order chi connectivity index (χ0) is 7.84. The fraction of sp³-hybridized carbons (Fsp3) is 0.556. The van der Waals surface area contributed by atoms with Crippen LogP contribution in [0.25, 0.3) is 0 Å². The molecule has 1 aliphatic carbocycles. The van der Waals surface area contributed by atoms with Crippen molar-refractivity contribution < 1.29 is 0 Å². The molecular formula is C9H13NS. The molecule has 1 heterocycles. The Labute approximate surface area is 71.2 Å². The predicted molar refractivity (Wildman–Crippen MR) is 49.1 cm³/mol. The maximum absolute atomic E-state index is 5.87. The molecule has 0 bridgehead atoms. The molecular weight excluding hydrogens is 154 g/mol. The van der Waals surface area contributed by atoms with Gasteiger partial charge in [0.25, 0.3) is 0 Å². The average molecular weight is 167 g/mol. The molecule has 60 valence electrons. The summed E-state index contributed by atoms with van der Waals surface area (Å²) in [4.78, 5) is 1.53. The van der Waals surface area contributed by atoms with Gasteiger partial charge < -0.3 is 5.73 Å². The summed E-state index contributed by atoms with van der Waals surface area (Å²) >= 11 is 1.88. The molecule has 1 aromatic heterocycles. The normalized spacial score (nSPS) is 23.3. The standard InChI is InChI=1S/C9H13NS/c1-6-5-11-9-4-7(10)2-3-8(6)9/h5,7H,2-4,10H2,1H3. The molecule has 2 rings (SSSR count). The molecule has 0 saturated heterocycles. The molecule has 1 aliphatic rings. The minimum absolute atomic E-state index is 0.417. The van der Waals surface area contributed by atoms with Crippen LogP contribution in [-0.2, 0) is 12.8 Å². The van der Waals surface area contributed by atoms with Crippen LogP contribution in [0.4, 0.5) is 0 Å². The van der Waals surface area contributed by atoms with E-state index in [2.05, 4.69) is 12.3 Å². The first-order valence-corrected chi connectivity index (χ1v) is 4.97. The smallest absolute Gasteiger partial charge is 0.00953 e. The minimum atomic E-state index is 0.417. The molecule has 11 heavy (non-hydrogen) atoms. The van der Waals surface area contributed by atoms with Crippen molar-refractivity contribution in [3.8, 4) is 0 Å². The van der Waals surface area contributed by atoms with Crippen LogP contribution in [0.5, 0.6) is 0 Å². The van der Waals surface area contributed by atoms with E-state index in [0.29, 0.717) is 6.04 Å². The summed E-state index contributed by atoms with van der Waals surface area (Å²) in [5, 5.41) is 2.25. The minimum Gasteiger partial charge on any atom is -0.327 e. The topological polar surface area (TPSA) is 26.0 Å². The van der Waals surface area contributed by atoms with E-state index >= 15 is 0 Å². The van der Waals surface area contributed by atoms with E-state index in [4.69, 9.17) is 5.73 Å². The number of thiophene rings is 1. The van der Waals surface area contributed by atoms with Crippen LogP contribution in [0, 0.1) is 6.92 Å². The summed E-state index contributed by atoms with van der Waals surface area (Å²) in [5.74, 6) is 0. The third kappa shape index (κ3) is 1.21. The molecule has 0 aromatic carbocycles. The molecule has 0 saturated carbocycles. The summed E-state index contributed by atoms with van der Waals surface area (Å²) < 4.78 is 0. The van der Waals surface area contributed by atoms with E-state index in [1.807, 2.05) is 11.3 Å². The van der Waals surface area contributed by atoms with Crippen LogP contribution in [0.3, 0.4) is 0 Å². The highest BCUT2D eigenvalue weighted by molar-refractivity contribution is 7.10. The lowest BCUT2D eigenvalue weighted by molar-refractivity contribution is 0.583. The van der Waals surface area contributed by atoms with Gasteiger partial charge in [0.1, 0.15) is 0 Å². The summed E-state index contributed by atoms with van der Waals surface area (Å²) in [6, 6.07) is 0.417. The Morgan fingerprint density at radius 3 is 3.27 bits per heavy atom. The maximum atomic E-state index is 5.87. The van der Waals surface area contributed by atoms with Crippen molar-refractivity contribution in [2.24, 2.45) is 5.73 Å². The molecule has 0 amide bonds. The van der Waals surface area contributed by atoms with Crippen molar-refractivity contribution >= 4 is 11.3 Å². The third-order valence-electron chi connectivity index (χ3n) is 2.40. The van der Waals surface area contributed by atoms with Gasteiger partial charge in [0.05, 0.1) is 0 Å². The van der Waals surface area contributed by atoms with Gasteiger partial charge in [-0.2, -0.15) is 0 Å². The molecule has 0 fully saturated rings. The van der Waals surface area contributed by atoms with Gasteiger partial charge in [0.15, 0.2) is 0 Å². The molecule has 2 N–H and O–H groups in total.